The summed E-state index contributed by atoms with van der Waals surface area (Å²) >= 11 is 0. The molecule has 0 atom stereocenters. The van der Waals surface area contributed by atoms with Crippen molar-refractivity contribution in [2.24, 2.45) is 0 Å². The third kappa shape index (κ3) is 7.88. The Kier molecular flexibility index (Phi) is 10.3. The van der Waals surface area contributed by atoms with E-state index in [2.05, 4.69) is 79.8 Å². The van der Waals surface area contributed by atoms with Crippen molar-refractivity contribution in [3.8, 4) is 22.6 Å². The molecule has 0 spiro atoms. The van der Waals surface area contributed by atoms with Crippen LogP contribution in [-0.2, 0) is 11.1 Å². The van der Waals surface area contributed by atoms with Gasteiger partial charge < -0.3 is 34.5 Å². The van der Waals surface area contributed by atoms with Crippen molar-refractivity contribution in [2.75, 3.05) is 89.4 Å². The number of rotatable bonds is 12. The third-order valence-corrected chi connectivity index (χ3v) is 12.1. The number of aryl methyl sites for hydroxylation is 1. The number of nitrogens with one attached hydrogen (secondary N) is 2. The van der Waals surface area contributed by atoms with Gasteiger partial charge in [0.25, 0.3) is 0 Å². The highest BCUT2D eigenvalue weighted by Gasteiger charge is 2.29. The van der Waals surface area contributed by atoms with Gasteiger partial charge in [0.2, 0.25) is 5.95 Å². The van der Waals surface area contributed by atoms with Crippen molar-refractivity contribution in [1.82, 2.24) is 29.5 Å². The van der Waals surface area contributed by atoms with E-state index in [1.807, 2.05) is 30.3 Å². The molecule has 2 aromatic heterocycles. The normalized spacial score (nSPS) is 17.8. The Labute approximate surface area is 301 Å². The topological polar surface area (TPSA) is 113 Å². The fourth-order valence-electron chi connectivity index (χ4n) is 7.35. The van der Waals surface area contributed by atoms with Crippen molar-refractivity contribution < 1.29 is 14.0 Å². The minimum Gasteiger partial charge on any atom is -0.494 e. The van der Waals surface area contributed by atoms with E-state index < -0.39 is 7.14 Å². The summed E-state index contributed by atoms with van der Waals surface area (Å²) in [5, 5.41) is 12.3. The van der Waals surface area contributed by atoms with Gasteiger partial charge in [-0.15, -0.1) is 0 Å². The van der Waals surface area contributed by atoms with E-state index in [-0.39, 0.29) is 0 Å². The van der Waals surface area contributed by atoms with Gasteiger partial charge >= 0.3 is 0 Å². The summed E-state index contributed by atoms with van der Waals surface area (Å²) in [7, 11) is 2.91. The Morgan fingerprint density at radius 3 is 2.27 bits per heavy atom. The first kappa shape index (κ1) is 35.3. The van der Waals surface area contributed by atoms with Gasteiger partial charge in [-0.05, 0) is 82.7 Å². The summed E-state index contributed by atoms with van der Waals surface area (Å²) in [6.07, 6.45) is 10.3. The maximum atomic E-state index is 13.4. The van der Waals surface area contributed by atoms with Gasteiger partial charge in [-0.3, -0.25) is 9.58 Å². The van der Waals surface area contributed by atoms with Gasteiger partial charge in [0, 0.05) is 86.2 Å². The van der Waals surface area contributed by atoms with E-state index in [1.165, 1.54) is 18.4 Å². The second kappa shape index (κ2) is 14.9. The summed E-state index contributed by atoms with van der Waals surface area (Å²) in [4.78, 5) is 17.0. The van der Waals surface area contributed by atoms with Gasteiger partial charge in [-0.2, -0.15) is 10.1 Å². The number of hydrogen-bond acceptors (Lipinski definition) is 11. The molecule has 0 unspecified atom stereocenters. The molecule has 2 saturated heterocycles. The second-order valence-corrected chi connectivity index (χ2v) is 17.7. The zero-order valence-electron chi connectivity index (χ0n) is 30.9. The molecule has 2 aliphatic heterocycles. The lowest BCUT2D eigenvalue weighted by Gasteiger charge is -2.43. The Balaban J connectivity index is 1.18. The van der Waals surface area contributed by atoms with Crippen LogP contribution in [0.3, 0.4) is 0 Å². The molecule has 0 bridgehead atoms. The van der Waals surface area contributed by atoms with Crippen molar-refractivity contribution in [2.45, 2.75) is 51.1 Å². The van der Waals surface area contributed by atoms with Crippen LogP contribution in [0.1, 0.15) is 44.1 Å². The van der Waals surface area contributed by atoms with Crippen LogP contribution in [0.15, 0.2) is 48.9 Å². The number of nitrogens with zero attached hydrogens (tertiary/aromatic N) is 7. The van der Waals surface area contributed by atoms with Crippen LogP contribution < -0.4 is 30.3 Å². The van der Waals surface area contributed by atoms with Gasteiger partial charge in [0.05, 0.1) is 38.0 Å². The quantitative estimate of drug-likeness (QED) is 0.164. The van der Waals surface area contributed by atoms with Crippen LogP contribution in [0.5, 0.6) is 11.5 Å². The summed E-state index contributed by atoms with van der Waals surface area (Å²) < 4.78 is 27.0. The first-order valence-corrected chi connectivity index (χ1v) is 20.8. The molecular formula is C38H52N9O3P. The smallest absolute Gasteiger partial charge is 0.229 e. The number of ether oxygens (including phenoxy) is 2. The first-order valence-electron chi connectivity index (χ1n) is 18.2. The minimum atomic E-state index is -2.59. The number of hydrogen-bond donors (Lipinski definition) is 2. The molecule has 0 radical (unpaired) electrons. The van der Waals surface area contributed by atoms with E-state index in [4.69, 9.17) is 14.5 Å². The summed E-state index contributed by atoms with van der Waals surface area (Å²) in [6, 6.07) is 11.1. The highest BCUT2D eigenvalue weighted by atomic mass is 31.2. The molecule has 1 aliphatic carbocycles. The molecular weight excluding hydrogens is 661 g/mol. The highest BCUT2D eigenvalue weighted by Crippen LogP contribution is 2.45. The van der Waals surface area contributed by atoms with Gasteiger partial charge in [0.15, 0.2) is 11.6 Å². The molecule has 13 heteroatoms. The monoisotopic (exact) mass is 713 g/mol. The third-order valence-electron chi connectivity index (χ3n) is 10.6. The molecule has 4 aromatic rings. The number of likely N-dealkylation sites (N-methyl/N-ethyl adjacent to an activating group) is 1. The Bertz CT molecular complexity index is 1890. The first-order chi connectivity index (χ1) is 24.6. The van der Waals surface area contributed by atoms with E-state index >= 15 is 0 Å². The molecule has 1 saturated carbocycles. The van der Waals surface area contributed by atoms with Gasteiger partial charge in [-0.1, -0.05) is 6.07 Å². The predicted octanol–water partition coefficient (Wildman–Crippen LogP) is 6.21. The summed E-state index contributed by atoms with van der Waals surface area (Å²) in [5.74, 6) is 2.59. The number of methoxy groups -OCH3 is 2. The zero-order valence-corrected chi connectivity index (χ0v) is 31.7. The Morgan fingerprint density at radius 2 is 1.63 bits per heavy atom. The Morgan fingerprint density at radius 1 is 0.882 bits per heavy atom. The average molecular weight is 714 g/mol. The molecule has 4 heterocycles. The van der Waals surface area contributed by atoms with Crippen LogP contribution in [0.25, 0.3) is 11.1 Å². The van der Waals surface area contributed by atoms with E-state index in [9.17, 15) is 4.57 Å². The maximum Gasteiger partial charge on any atom is 0.229 e. The SMILES string of the molecule is CCn1cc(-c2cc(Nc3ncc(OC)c(Nc4ccc(C5CC5)cc4P(C)(C)=O)n3)c(OC)cc2N2CCC(N3CCN(C)CC3)CC2)cn1. The predicted molar refractivity (Wildman–Crippen MR) is 207 cm³/mol. The number of anilines is 5. The molecule has 2 aromatic carbocycles. The maximum absolute atomic E-state index is 13.4. The number of benzene rings is 2. The lowest BCUT2D eigenvalue weighted by Crippen LogP contribution is -2.52. The van der Waals surface area contributed by atoms with Crippen molar-refractivity contribution in [3.05, 3.63) is 54.5 Å². The molecule has 51 heavy (non-hydrogen) atoms. The molecule has 3 aliphatic rings. The molecule has 3 fully saturated rings. The number of piperidine rings is 1. The molecule has 0 amide bonds. The number of aromatic nitrogens is 4. The average Bonchev–Trinajstić information content (AvgIpc) is 3.88. The fourth-order valence-corrected chi connectivity index (χ4v) is 8.52. The van der Waals surface area contributed by atoms with Crippen LogP contribution in [0.4, 0.5) is 28.8 Å². The Hall–Kier alpha value is -4.12. The largest absolute Gasteiger partial charge is 0.494 e. The zero-order chi connectivity index (χ0) is 35.7. The van der Waals surface area contributed by atoms with Crippen LogP contribution in [-0.4, -0.2) is 109 Å². The van der Waals surface area contributed by atoms with E-state index in [1.54, 1.807) is 20.4 Å². The van der Waals surface area contributed by atoms with Crippen molar-refractivity contribution in [3.63, 3.8) is 0 Å². The van der Waals surface area contributed by atoms with Crippen molar-refractivity contribution in [1.29, 1.82) is 0 Å². The van der Waals surface area contributed by atoms with Crippen LogP contribution >= 0.6 is 7.14 Å². The molecule has 7 rings (SSSR count). The summed E-state index contributed by atoms with van der Waals surface area (Å²) in [6.45, 7) is 13.0. The lowest BCUT2D eigenvalue weighted by atomic mass is 9.98. The second-order valence-electron chi connectivity index (χ2n) is 14.5. The molecule has 12 nitrogen and oxygen atoms in total. The van der Waals surface area contributed by atoms with Gasteiger partial charge in [-0.25, -0.2) is 4.98 Å². The number of piperazine rings is 1. The van der Waals surface area contributed by atoms with Crippen molar-refractivity contribution >= 4 is 41.3 Å². The minimum absolute atomic E-state index is 0.375. The highest BCUT2D eigenvalue weighted by molar-refractivity contribution is 7.70. The molecule has 272 valence electrons. The van der Waals surface area contributed by atoms with E-state index in [0.717, 1.165) is 92.1 Å². The van der Waals surface area contributed by atoms with Crippen LogP contribution in [0.2, 0.25) is 0 Å². The fraction of sp³-hybridized carbons (Fsp3) is 0.500. The van der Waals surface area contributed by atoms with E-state index in [0.29, 0.717) is 35.2 Å². The molecule has 2 N–H and O–H groups in total. The summed E-state index contributed by atoms with van der Waals surface area (Å²) in [5.41, 5.74) is 5.99. The van der Waals surface area contributed by atoms with Crippen LogP contribution in [0, 0.1) is 0 Å². The standard InChI is InChI=1S/C38H52N9O3P/c1-7-47-25-28(23-40-47)30-21-32(34(49-3)22-33(30)46-14-12-29(13-15-46)45-18-16-44(2)17-19-45)42-38-39-24-35(50-4)37(43-38)41-31-11-10-27(26-8-9-26)20-36(31)51(5,6)48/h10-11,20-26,29H,7-9,12-19H2,1-6H3,(H2,39,41,42,43). The van der Waals surface area contributed by atoms with Gasteiger partial charge in [0.1, 0.15) is 12.9 Å². The lowest BCUT2D eigenvalue weighted by molar-refractivity contribution is 0.0982.